The van der Waals surface area contributed by atoms with Gasteiger partial charge in [0.25, 0.3) is 0 Å². The number of amides is 1. The summed E-state index contributed by atoms with van der Waals surface area (Å²) in [4.78, 5) is 29.5. The molecular weight excluding hydrogens is 382 g/mol. The van der Waals surface area contributed by atoms with Crippen LogP contribution < -0.4 is 5.32 Å². The van der Waals surface area contributed by atoms with Crippen molar-refractivity contribution in [2.75, 3.05) is 45.7 Å². The molecule has 0 saturated carbocycles. The predicted octanol–water partition coefficient (Wildman–Crippen LogP) is 1.65. The molecule has 9 heteroatoms. The van der Waals surface area contributed by atoms with Crippen molar-refractivity contribution in [3.05, 3.63) is 24.8 Å². The van der Waals surface area contributed by atoms with Crippen LogP contribution in [0, 0.1) is 0 Å². The minimum Gasteiger partial charge on any atom is -0.375 e. The summed E-state index contributed by atoms with van der Waals surface area (Å²) in [5.74, 6) is 1.65. The van der Waals surface area contributed by atoms with E-state index >= 15 is 0 Å². The van der Waals surface area contributed by atoms with Crippen LogP contribution in [-0.2, 0) is 9.53 Å². The fourth-order valence-corrected chi connectivity index (χ4v) is 4.22. The van der Waals surface area contributed by atoms with E-state index in [1.165, 1.54) is 0 Å². The van der Waals surface area contributed by atoms with Crippen LogP contribution in [0.2, 0.25) is 0 Å². The molecule has 0 bridgehead atoms. The minimum absolute atomic E-state index is 0.0336. The van der Waals surface area contributed by atoms with E-state index in [1.807, 2.05) is 24.8 Å². The summed E-state index contributed by atoms with van der Waals surface area (Å²) in [7, 11) is 3.58. The summed E-state index contributed by atoms with van der Waals surface area (Å²) in [6.45, 7) is 5.37. The molecule has 0 aromatic carbocycles. The zero-order valence-electron chi connectivity index (χ0n) is 18.0. The first-order chi connectivity index (χ1) is 14.5. The van der Waals surface area contributed by atoms with Crippen molar-refractivity contribution in [3.8, 4) is 11.4 Å². The van der Waals surface area contributed by atoms with Gasteiger partial charge in [-0.2, -0.15) is 0 Å². The second-order valence-corrected chi connectivity index (χ2v) is 8.33. The quantitative estimate of drug-likeness (QED) is 0.738. The fourth-order valence-electron chi connectivity index (χ4n) is 4.22. The maximum atomic E-state index is 12.0. The molecule has 2 aliphatic rings. The Morgan fingerprint density at radius 3 is 2.77 bits per heavy atom. The highest BCUT2D eigenvalue weighted by Crippen LogP contribution is 2.33. The lowest BCUT2D eigenvalue weighted by molar-refractivity contribution is -0.134. The summed E-state index contributed by atoms with van der Waals surface area (Å²) in [6, 6.07) is 0.699. The predicted molar refractivity (Wildman–Crippen MR) is 114 cm³/mol. The van der Waals surface area contributed by atoms with Crippen molar-refractivity contribution in [1.82, 2.24) is 29.3 Å². The van der Waals surface area contributed by atoms with Gasteiger partial charge in [-0.25, -0.2) is 15.0 Å². The molecule has 0 unspecified atom stereocenters. The fraction of sp³-hybridized carbons (Fsp3) is 0.619. The topological polar surface area (TPSA) is 88.4 Å². The van der Waals surface area contributed by atoms with Gasteiger partial charge in [-0.15, -0.1) is 0 Å². The van der Waals surface area contributed by atoms with Gasteiger partial charge in [-0.3, -0.25) is 9.69 Å². The van der Waals surface area contributed by atoms with Gasteiger partial charge in [0, 0.05) is 70.6 Å². The molecule has 2 aliphatic heterocycles. The van der Waals surface area contributed by atoms with Gasteiger partial charge in [0.15, 0.2) is 0 Å². The number of aromatic nitrogens is 4. The number of nitrogens with one attached hydrogen (secondary N) is 1. The number of nitrogens with zero attached hydrogens (tertiary/aromatic N) is 6. The van der Waals surface area contributed by atoms with E-state index in [0.29, 0.717) is 31.1 Å². The smallest absolute Gasteiger partial charge is 0.224 e. The number of hydrogen-bond donors (Lipinski definition) is 1. The average Bonchev–Trinajstić information content (AvgIpc) is 3.39. The van der Waals surface area contributed by atoms with Gasteiger partial charge in [0.1, 0.15) is 5.82 Å². The Labute approximate surface area is 177 Å². The van der Waals surface area contributed by atoms with E-state index in [-0.39, 0.29) is 12.0 Å². The first-order valence-electron chi connectivity index (χ1n) is 10.7. The van der Waals surface area contributed by atoms with E-state index in [9.17, 15) is 4.79 Å². The second-order valence-electron chi connectivity index (χ2n) is 8.33. The number of hydrogen-bond acceptors (Lipinski definition) is 7. The molecule has 2 aromatic heterocycles. The van der Waals surface area contributed by atoms with Crippen LogP contribution in [0.25, 0.3) is 11.4 Å². The lowest BCUT2D eigenvalue weighted by Gasteiger charge is -2.35. The van der Waals surface area contributed by atoms with Crippen molar-refractivity contribution < 1.29 is 9.53 Å². The Bertz CT molecular complexity index is 851. The molecular formula is C21H31N7O2. The average molecular weight is 414 g/mol. The molecule has 0 spiro atoms. The molecule has 0 aliphatic carbocycles. The highest BCUT2D eigenvalue weighted by molar-refractivity contribution is 5.76. The van der Waals surface area contributed by atoms with Gasteiger partial charge < -0.3 is 19.5 Å². The summed E-state index contributed by atoms with van der Waals surface area (Å²) in [5, 5.41) is 3.20. The van der Waals surface area contributed by atoms with E-state index in [1.54, 1.807) is 19.0 Å². The Morgan fingerprint density at radius 1 is 1.23 bits per heavy atom. The molecule has 2 fully saturated rings. The van der Waals surface area contributed by atoms with Crippen LogP contribution >= 0.6 is 0 Å². The third-order valence-corrected chi connectivity index (χ3v) is 5.87. The van der Waals surface area contributed by atoms with Gasteiger partial charge in [-0.1, -0.05) is 6.92 Å². The summed E-state index contributed by atoms with van der Waals surface area (Å²) < 4.78 is 8.23. The number of carbonyl (C=O) groups is 1. The van der Waals surface area contributed by atoms with Crippen LogP contribution in [0.15, 0.2) is 24.8 Å². The van der Waals surface area contributed by atoms with Crippen LogP contribution in [0.3, 0.4) is 0 Å². The van der Waals surface area contributed by atoms with Crippen LogP contribution in [0.4, 0.5) is 5.95 Å². The Balaban J connectivity index is 1.42. The largest absolute Gasteiger partial charge is 0.375 e. The lowest BCUT2D eigenvalue weighted by Crippen LogP contribution is -2.47. The summed E-state index contributed by atoms with van der Waals surface area (Å²) >= 11 is 0. The first kappa shape index (κ1) is 20.7. The van der Waals surface area contributed by atoms with Crippen molar-refractivity contribution in [1.29, 1.82) is 0 Å². The summed E-state index contributed by atoms with van der Waals surface area (Å²) in [5.41, 5.74) is 0.914. The van der Waals surface area contributed by atoms with E-state index in [4.69, 9.17) is 4.74 Å². The van der Waals surface area contributed by atoms with Crippen molar-refractivity contribution in [2.45, 2.75) is 44.4 Å². The number of imidazole rings is 1. The number of ether oxygens (including phenoxy) is 1. The van der Waals surface area contributed by atoms with Gasteiger partial charge in [-0.05, 0) is 12.8 Å². The number of anilines is 1. The number of morpholine rings is 1. The molecule has 1 amide bonds. The standard InChI is InChI=1S/C21H31N7O2/c1-4-5-23-21-24-10-15(11-25-21)20-22-6-7-28(20)16-8-17-14-30-18(13-27(17)12-16)9-19(29)26(2)3/h6-7,10-11,16-18H,4-5,8-9,12-14H2,1-3H3,(H,23,24,25)/t16-,17+,18+/m1/s1. The molecule has 9 nitrogen and oxygen atoms in total. The monoisotopic (exact) mass is 413 g/mol. The normalized spacial score (nSPS) is 23.9. The number of rotatable bonds is 7. The van der Waals surface area contributed by atoms with E-state index in [2.05, 4.69) is 36.7 Å². The Morgan fingerprint density at radius 2 is 2.03 bits per heavy atom. The third kappa shape index (κ3) is 4.46. The maximum Gasteiger partial charge on any atom is 0.224 e. The maximum absolute atomic E-state index is 12.0. The molecule has 3 atom stereocenters. The zero-order chi connectivity index (χ0) is 21.1. The SMILES string of the molecule is CCCNc1ncc(-c2nccn2[C@@H]2C[C@H]3CO[C@@H](CC(=O)N(C)C)CN3C2)cn1. The number of carbonyl (C=O) groups excluding carboxylic acids is 1. The second kappa shape index (κ2) is 9.09. The van der Waals surface area contributed by atoms with E-state index in [0.717, 1.165) is 43.9 Å². The highest BCUT2D eigenvalue weighted by Gasteiger charge is 2.39. The number of fused-ring (bicyclic) bond motifs is 1. The molecule has 2 saturated heterocycles. The molecule has 30 heavy (non-hydrogen) atoms. The minimum atomic E-state index is -0.0336. The van der Waals surface area contributed by atoms with Crippen LogP contribution in [-0.4, -0.2) is 87.7 Å². The Kier molecular flexibility index (Phi) is 6.29. The molecule has 4 heterocycles. The van der Waals surface area contributed by atoms with Crippen molar-refractivity contribution in [2.24, 2.45) is 0 Å². The van der Waals surface area contributed by atoms with Crippen LogP contribution in [0.1, 0.15) is 32.2 Å². The molecule has 1 N–H and O–H groups in total. The molecule has 4 rings (SSSR count). The van der Waals surface area contributed by atoms with Gasteiger partial charge in [0.2, 0.25) is 11.9 Å². The van der Waals surface area contributed by atoms with Crippen LogP contribution in [0.5, 0.6) is 0 Å². The van der Waals surface area contributed by atoms with Crippen molar-refractivity contribution >= 4 is 11.9 Å². The third-order valence-electron chi connectivity index (χ3n) is 5.87. The Hall–Kier alpha value is -2.52. The first-order valence-corrected chi connectivity index (χ1v) is 10.7. The van der Waals surface area contributed by atoms with Gasteiger partial charge in [0.05, 0.1) is 24.7 Å². The molecule has 162 valence electrons. The van der Waals surface area contributed by atoms with Gasteiger partial charge >= 0.3 is 0 Å². The van der Waals surface area contributed by atoms with E-state index < -0.39 is 0 Å². The molecule has 0 radical (unpaired) electrons. The zero-order valence-corrected chi connectivity index (χ0v) is 18.0. The summed E-state index contributed by atoms with van der Waals surface area (Å²) in [6.07, 6.45) is 9.98. The van der Waals surface area contributed by atoms with Crippen molar-refractivity contribution in [3.63, 3.8) is 0 Å². The molecule has 2 aromatic rings. The highest BCUT2D eigenvalue weighted by atomic mass is 16.5. The lowest BCUT2D eigenvalue weighted by atomic mass is 10.1.